The highest BCUT2D eigenvalue weighted by molar-refractivity contribution is 5.89. The van der Waals surface area contributed by atoms with Gasteiger partial charge in [0.15, 0.2) is 23.3 Å². The van der Waals surface area contributed by atoms with Gasteiger partial charge in [-0.25, -0.2) is 31.1 Å². The minimum Gasteiger partial charge on any atom is -0.478 e. The van der Waals surface area contributed by atoms with Crippen molar-refractivity contribution in [3.05, 3.63) is 58.7 Å². The number of carboxylic acid groups (broad SMARTS) is 1. The molecule has 0 heterocycles. The minimum absolute atomic E-state index is 0.463. The van der Waals surface area contributed by atoms with Crippen LogP contribution < -0.4 is 0 Å². The van der Waals surface area contributed by atoms with Crippen molar-refractivity contribution in [2.45, 2.75) is 0 Å². The van der Waals surface area contributed by atoms with Crippen molar-refractivity contribution in [2.24, 2.45) is 0 Å². The molecule has 0 saturated heterocycles. The smallest absolute Gasteiger partial charge is 0.335 e. The first-order valence-corrected chi connectivity index (χ1v) is 5.29. The highest BCUT2D eigenvalue weighted by Crippen LogP contribution is 2.32. The summed E-state index contributed by atoms with van der Waals surface area (Å²) in [6, 6.07) is 1.60. The van der Waals surface area contributed by atoms with Crippen LogP contribution in [0.4, 0.5) is 26.3 Å². The molecule has 0 spiro atoms. The van der Waals surface area contributed by atoms with E-state index >= 15 is 0 Å². The van der Waals surface area contributed by atoms with E-state index in [-0.39, 0.29) is 0 Å². The lowest BCUT2D eigenvalue weighted by Crippen LogP contribution is -2.05. The van der Waals surface area contributed by atoms with E-state index in [2.05, 4.69) is 0 Å². The third-order valence-electron chi connectivity index (χ3n) is 2.64. The van der Waals surface area contributed by atoms with Crippen LogP contribution in [0, 0.1) is 34.9 Å². The molecule has 2 aromatic rings. The molecule has 0 unspecified atom stereocenters. The molecule has 0 amide bonds. The second kappa shape index (κ2) is 5.12. The van der Waals surface area contributed by atoms with E-state index in [9.17, 15) is 31.1 Å². The fraction of sp³-hybridized carbons (Fsp3) is 0. The first-order valence-electron chi connectivity index (χ1n) is 5.29. The van der Waals surface area contributed by atoms with Crippen molar-refractivity contribution >= 4 is 5.97 Å². The lowest BCUT2D eigenvalue weighted by atomic mass is 10.0. The lowest BCUT2D eigenvalue weighted by Gasteiger charge is -2.09. The van der Waals surface area contributed by atoms with Crippen LogP contribution in [0.15, 0.2) is 18.2 Å². The molecule has 21 heavy (non-hydrogen) atoms. The van der Waals surface area contributed by atoms with E-state index in [0.29, 0.717) is 18.2 Å². The molecule has 2 nitrogen and oxygen atoms in total. The Morgan fingerprint density at radius 3 is 1.71 bits per heavy atom. The topological polar surface area (TPSA) is 37.3 Å². The summed E-state index contributed by atoms with van der Waals surface area (Å²) in [5.74, 6) is -13.9. The summed E-state index contributed by atoms with van der Waals surface area (Å²) in [5, 5.41) is 8.71. The maximum Gasteiger partial charge on any atom is 0.335 e. The average molecular weight is 306 g/mol. The van der Waals surface area contributed by atoms with Gasteiger partial charge in [0.2, 0.25) is 5.82 Å². The molecular weight excluding hydrogens is 302 g/mol. The van der Waals surface area contributed by atoms with Crippen molar-refractivity contribution in [1.29, 1.82) is 0 Å². The maximum atomic E-state index is 13.6. The van der Waals surface area contributed by atoms with Gasteiger partial charge in [-0.1, -0.05) is 0 Å². The summed E-state index contributed by atoms with van der Waals surface area (Å²) in [6.07, 6.45) is 0. The Labute approximate surface area is 113 Å². The summed E-state index contributed by atoms with van der Waals surface area (Å²) in [6.45, 7) is 0. The van der Waals surface area contributed by atoms with Gasteiger partial charge in [-0.15, -0.1) is 0 Å². The molecule has 0 aromatic heterocycles. The van der Waals surface area contributed by atoms with Crippen LogP contribution in [-0.4, -0.2) is 11.1 Å². The van der Waals surface area contributed by atoms with Crippen LogP contribution in [0.1, 0.15) is 10.4 Å². The van der Waals surface area contributed by atoms with Crippen LogP contribution in [0.5, 0.6) is 0 Å². The van der Waals surface area contributed by atoms with E-state index in [4.69, 9.17) is 5.11 Å². The summed E-state index contributed by atoms with van der Waals surface area (Å²) in [7, 11) is 0. The van der Waals surface area contributed by atoms with Crippen LogP contribution in [0.2, 0.25) is 0 Å². The molecule has 8 heteroatoms. The number of hydrogen-bond acceptors (Lipinski definition) is 1. The Bertz CT molecular complexity index is 728. The summed E-state index contributed by atoms with van der Waals surface area (Å²) < 4.78 is 79.4. The van der Waals surface area contributed by atoms with Gasteiger partial charge in [0, 0.05) is 0 Å². The van der Waals surface area contributed by atoms with Gasteiger partial charge < -0.3 is 5.11 Å². The number of aromatic carboxylic acids is 1. The lowest BCUT2D eigenvalue weighted by molar-refractivity contribution is 0.0696. The molecule has 0 saturated carbocycles. The number of carboxylic acids is 1. The number of carbonyl (C=O) groups is 1. The molecule has 2 rings (SSSR count). The second-order valence-electron chi connectivity index (χ2n) is 3.98. The third kappa shape index (κ3) is 2.44. The fourth-order valence-electron chi connectivity index (χ4n) is 1.72. The van der Waals surface area contributed by atoms with Crippen LogP contribution in [0.25, 0.3) is 11.1 Å². The van der Waals surface area contributed by atoms with Crippen molar-refractivity contribution in [1.82, 2.24) is 0 Å². The predicted octanol–water partition coefficient (Wildman–Crippen LogP) is 3.89. The number of hydrogen-bond donors (Lipinski definition) is 1. The second-order valence-corrected chi connectivity index (χ2v) is 3.98. The van der Waals surface area contributed by atoms with Gasteiger partial charge in [0.25, 0.3) is 0 Å². The number of halogens is 6. The third-order valence-corrected chi connectivity index (χ3v) is 2.64. The zero-order chi connectivity index (χ0) is 15.9. The molecule has 0 fully saturated rings. The molecule has 2 aromatic carbocycles. The van der Waals surface area contributed by atoms with Gasteiger partial charge in [0.1, 0.15) is 5.82 Å². The van der Waals surface area contributed by atoms with E-state index in [1.807, 2.05) is 0 Å². The van der Waals surface area contributed by atoms with Gasteiger partial charge in [0.05, 0.1) is 11.1 Å². The van der Waals surface area contributed by atoms with Crippen molar-refractivity contribution < 1.29 is 36.2 Å². The molecule has 0 aliphatic rings. The van der Waals surface area contributed by atoms with Crippen molar-refractivity contribution in [3.63, 3.8) is 0 Å². The summed E-state index contributed by atoms with van der Waals surface area (Å²) in [5.41, 5.74) is -2.87. The summed E-state index contributed by atoms with van der Waals surface area (Å²) >= 11 is 0. The highest BCUT2D eigenvalue weighted by Gasteiger charge is 2.27. The van der Waals surface area contributed by atoms with E-state index in [1.165, 1.54) is 0 Å². The van der Waals surface area contributed by atoms with Gasteiger partial charge >= 0.3 is 5.97 Å². The molecule has 0 radical (unpaired) electrons. The molecule has 0 aliphatic heterocycles. The van der Waals surface area contributed by atoms with Crippen LogP contribution >= 0.6 is 0 Å². The normalized spacial score (nSPS) is 10.8. The van der Waals surface area contributed by atoms with E-state index < -0.39 is 57.6 Å². The first-order chi connectivity index (χ1) is 9.73. The highest BCUT2D eigenvalue weighted by atomic mass is 19.2. The zero-order valence-electron chi connectivity index (χ0n) is 9.86. The Morgan fingerprint density at radius 1 is 0.762 bits per heavy atom. The Kier molecular flexibility index (Phi) is 3.63. The van der Waals surface area contributed by atoms with Gasteiger partial charge in [-0.2, -0.15) is 0 Å². The SMILES string of the molecule is O=C(O)c1cc(F)cc(-c2c(F)c(F)c(F)c(F)c2F)c1. The maximum absolute atomic E-state index is 13.6. The molecular formula is C13H4F6O2. The standard InChI is InChI=1S/C13H4F6O2/c14-6-2-4(1-5(3-6)13(20)21)7-8(15)10(17)12(19)11(18)9(7)16/h1-3H,(H,20,21). The molecule has 1 N–H and O–H groups in total. The minimum atomic E-state index is -2.36. The fourth-order valence-corrected chi connectivity index (χ4v) is 1.72. The van der Waals surface area contributed by atoms with Crippen LogP contribution in [0.3, 0.4) is 0 Å². The van der Waals surface area contributed by atoms with Gasteiger partial charge in [-0.3, -0.25) is 0 Å². The van der Waals surface area contributed by atoms with E-state index in [1.54, 1.807) is 0 Å². The number of rotatable bonds is 2. The quantitative estimate of drug-likeness (QED) is 0.519. The summed E-state index contributed by atoms with van der Waals surface area (Å²) in [4.78, 5) is 10.7. The molecule has 0 aliphatic carbocycles. The van der Waals surface area contributed by atoms with E-state index in [0.717, 1.165) is 0 Å². The van der Waals surface area contributed by atoms with Crippen molar-refractivity contribution in [3.8, 4) is 11.1 Å². The van der Waals surface area contributed by atoms with Crippen LogP contribution in [-0.2, 0) is 0 Å². The molecule has 0 atom stereocenters. The largest absolute Gasteiger partial charge is 0.478 e. The Hall–Kier alpha value is -2.51. The Balaban J connectivity index is 2.82. The number of benzene rings is 2. The zero-order valence-corrected chi connectivity index (χ0v) is 9.86. The molecule has 110 valence electrons. The monoisotopic (exact) mass is 306 g/mol. The predicted molar refractivity (Wildman–Crippen MR) is 58.6 cm³/mol. The first kappa shape index (κ1) is 14.9. The average Bonchev–Trinajstić information content (AvgIpc) is 2.42. The Morgan fingerprint density at radius 2 is 1.24 bits per heavy atom. The van der Waals surface area contributed by atoms with Gasteiger partial charge in [-0.05, 0) is 23.8 Å². The van der Waals surface area contributed by atoms with Crippen molar-refractivity contribution in [2.75, 3.05) is 0 Å². The molecule has 0 bridgehead atoms.